The Hall–Kier alpha value is -1.78. The Morgan fingerprint density at radius 3 is 2.94 bits per heavy atom. The van der Waals surface area contributed by atoms with Crippen molar-refractivity contribution in [3.8, 4) is 0 Å². The fourth-order valence-electron chi connectivity index (χ4n) is 2.00. The third kappa shape index (κ3) is 1.89. The molecule has 0 radical (unpaired) electrons. The van der Waals surface area contributed by atoms with Gasteiger partial charge in [-0.25, -0.2) is 4.98 Å². The zero-order chi connectivity index (χ0) is 12.5. The van der Waals surface area contributed by atoms with Crippen LogP contribution in [0.1, 0.15) is 11.6 Å². The summed E-state index contributed by atoms with van der Waals surface area (Å²) >= 11 is 6.00. The molecule has 2 aromatic heterocycles. The van der Waals surface area contributed by atoms with Gasteiger partial charge in [-0.1, -0.05) is 11.6 Å². The normalized spacial score (nSPS) is 11.2. The Kier molecular flexibility index (Phi) is 2.81. The molecule has 0 aliphatic heterocycles. The first kappa shape index (κ1) is 11.3. The summed E-state index contributed by atoms with van der Waals surface area (Å²) in [6.07, 6.45) is 1.63. The number of furan rings is 1. The number of hydrogen-bond donors (Lipinski definition) is 1. The average molecular weight is 263 g/mol. The van der Waals surface area contributed by atoms with E-state index in [4.69, 9.17) is 16.0 Å². The topological polar surface area (TPSA) is 51.2 Å². The van der Waals surface area contributed by atoms with Crippen LogP contribution in [0.3, 0.4) is 0 Å². The van der Waals surface area contributed by atoms with Gasteiger partial charge in [0.1, 0.15) is 18.2 Å². The fraction of sp³-hybridized carbons (Fsp3) is 0.154. The second-order valence-electron chi connectivity index (χ2n) is 3.98. The van der Waals surface area contributed by atoms with Gasteiger partial charge < -0.3 is 14.1 Å². The standard InChI is InChI=1S/C13H11ClN2O2/c14-9-3-4-11-12(6-9)16(13(8-17)15-11)7-10-2-1-5-18-10/h1-6,17H,7-8H2. The van der Waals surface area contributed by atoms with Crippen molar-refractivity contribution in [1.29, 1.82) is 0 Å². The first-order valence-electron chi connectivity index (χ1n) is 5.56. The molecule has 0 bridgehead atoms. The summed E-state index contributed by atoms with van der Waals surface area (Å²) in [4.78, 5) is 4.37. The van der Waals surface area contributed by atoms with Gasteiger partial charge in [0.2, 0.25) is 0 Å². The first-order chi connectivity index (χ1) is 8.78. The van der Waals surface area contributed by atoms with Gasteiger partial charge in [0.05, 0.1) is 23.8 Å². The maximum absolute atomic E-state index is 9.37. The SMILES string of the molecule is OCc1nc2ccc(Cl)cc2n1Cc1ccco1. The Bertz CT molecular complexity index is 674. The molecule has 0 atom stereocenters. The maximum atomic E-state index is 9.37. The molecule has 0 amide bonds. The van der Waals surface area contributed by atoms with Crippen molar-refractivity contribution in [2.45, 2.75) is 13.2 Å². The molecule has 92 valence electrons. The predicted octanol–water partition coefficient (Wildman–Crippen LogP) is 2.82. The highest BCUT2D eigenvalue weighted by Gasteiger charge is 2.11. The summed E-state index contributed by atoms with van der Waals surface area (Å²) in [5.41, 5.74) is 1.71. The quantitative estimate of drug-likeness (QED) is 0.790. The molecule has 2 heterocycles. The van der Waals surface area contributed by atoms with Gasteiger partial charge in [-0.15, -0.1) is 0 Å². The lowest BCUT2D eigenvalue weighted by atomic mass is 10.3. The number of aliphatic hydroxyl groups excluding tert-OH is 1. The number of hydrogen-bond acceptors (Lipinski definition) is 3. The Morgan fingerprint density at radius 2 is 2.22 bits per heavy atom. The van der Waals surface area contributed by atoms with Gasteiger partial charge in [-0.2, -0.15) is 0 Å². The van der Waals surface area contributed by atoms with Crippen molar-refractivity contribution >= 4 is 22.6 Å². The smallest absolute Gasteiger partial charge is 0.136 e. The van der Waals surface area contributed by atoms with E-state index in [0.717, 1.165) is 16.8 Å². The number of aromatic nitrogens is 2. The number of nitrogens with zero attached hydrogens (tertiary/aromatic N) is 2. The number of rotatable bonds is 3. The fourth-order valence-corrected chi connectivity index (χ4v) is 2.17. The van der Waals surface area contributed by atoms with E-state index < -0.39 is 0 Å². The molecule has 0 saturated carbocycles. The monoisotopic (exact) mass is 262 g/mol. The first-order valence-corrected chi connectivity index (χ1v) is 5.93. The zero-order valence-corrected chi connectivity index (χ0v) is 10.3. The third-order valence-electron chi connectivity index (χ3n) is 2.82. The lowest BCUT2D eigenvalue weighted by Crippen LogP contribution is -2.04. The van der Waals surface area contributed by atoms with Crippen LogP contribution >= 0.6 is 11.6 Å². The van der Waals surface area contributed by atoms with Crippen molar-refractivity contribution in [1.82, 2.24) is 9.55 Å². The molecule has 0 aliphatic carbocycles. The van der Waals surface area contributed by atoms with Crippen LogP contribution in [0.2, 0.25) is 5.02 Å². The van der Waals surface area contributed by atoms with E-state index in [2.05, 4.69) is 4.98 Å². The molecular formula is C13H11ClN2O2. The summed E-state index contributed by atoms with van der Waals surface area (Å²) in [7, 11) is 0. The Morgan fingerprint density at radius 1 is 1.33 bits per heavy atom. The number of aliphatic hydroxyl groups is 1. The van der Waals surface area contributed by atoms with Gasteiger partial charge >= 0.3 is 0 Å². The van der Waals surface area contributed by atoms with Gasteiger partial charge in [-0.3, -0.25) is 0 Å². The average Bonchev–Trinajstić information content (AvgIpc) is 2.98. The minimum absolute atomic E-state index is 0.118. The van der Waals surface area contributed by atoms with Crippen LogP contribution < -0.4 is 0 Å². The molecule has 18 heavy (non-hydrogen) atoms. The van der Waals surface area contributed by atoms with Crippen LogP contribution in [0, 0.1) is 0 Å². The number of imidazole rings is 1. The summed E-state index contributed by atoms with van der Waals surface area (Å²) in [5, 5.41) is 10.0. The van der Waals surface area contributed by atoms with Crippen LogP contribution in [0.4, 0.5) is 0 Å². The molecule has 1 N–H and O–H groups in total. The second-order valence-corrected chi connectivity index (χ2v) is 4.42. The lowest BCUT2D eigenvalue weighted by molar-refractivity contribution is 0.266. The van der Waals surface area contributed by atoms with Crippen LogP contribution in [-0.4, -0.2) is 14.7 Å². The van der Waals surface area contributed by atoms with Crippen LogP contribution in [0.15, 0.2) is 41.0 Å². The van der Waals surface area contributed by atoms with Crippen molar-refractivity contribution < 1.29 is 9.52 Å². The molecule has 3 aromatic rings. The molecule has 5 heteroatoms. The summed E-state index contributed by atoms with van der Waals surface area (Å²) in [6, 6.07) is 9.19. The minimum Gasteiger partial charge on any atom is -0.467 e. The molecule has 0 unspecified atom stereocenters. The molecule has 3 rings (SSSR count). The highest BCUT2D eigenvalue weighted by Crippen LogP contribution is 2.22. The van der Waals surface area contributed by atoms with Crippen molar-refractivity contribution in [2.75, 3.05) is 0 Å². The van der Waals surface area contributed by atoms with E-state index in [1.807, 2.05) is 28.8 Å². The molecule has 0 saturated heterocycles. The van der Waals surface area contributed by atoms with Gasteiger partial charge in [0.25, 0.3) is 0 Å². The second kappa shape index (κ2) is 4.48. The third-order valence-corrected chi connectivity index (χ3v) is 3.06. The molecule has 0 spiro atoms. The van der Waals surface area contributed by atoms with E-state index in [0.29, 0.717) is 17.4 Å². The van der Waals surface area contributed by atoms with Crippen molar-refractivity contribution in [2.24, 2.45) is 0 Å². The molecular weight excluding hydrogens is 252 g/mol. The molecule has 1 aromatic carbocycles. The van der Waals surface area contributed by atoms with E-state index in [9.17, 15) is 5.11 Å². The summed E-state index contributed by atoms with van der Waals surface area (Å²) < 4.78 is 7.23. The van der Waals surface area contributed by atoms with Crippen molar-refractivity contribution in [3.05, 3.63) is 53.2 Å². The van der Waals surface area contributed by atoms with Crippen LogP contribution in [0.5, 0.6) is 0 Å². The molecule has 4 nitrogen and oxygen atoms in total. The molecule has 0 fully saturated rings. The largest absolute Gasteiger partial charge is 0.467 e. The summed E-state index contributed by atoms with van der Waals surface area (Å²) in [6.45, 7) is 0.409. The van der Waals surface area contributed by atoms with Gasteiger partial charge in [0.15, 0.2) is 0 Å². The van der Waals surface area contributed by atoms with Gasteiger partial charge in [-0.05, 0) is 30.3 Å². The Labute approximate surface area is 108 Å². The number of benzene rings is 1. The van der Waals surface area contributed by atoms with Crippen LogP contribution in [-0.2, 0) is 13.2 Å². The maximum Gasteiger partial charge on any atom is 0.136 e. The highest BCUT2D eigenvalue weighted by molar-refractivity contribution is 6.31. The lowest BCUT2D eigenvalue weighted by Gasteiger charge is -2.05. The molecule has 0 aliphatic rings. The Balaban J connectivity index is 2.15. The van der Waals surface area contributed by atoms with E-state index in [1.54, 1.807) is 12.3 Å². The van der Waals surface area contributed by atoms with Crippen molar-refractivity contribution in [3.63, 3.8) is 0 Å². The van der Waals surface area contributed by atoms with Gasteiger partial charge in [0, 0.05) is 5.02 Å². The van der Waals surface area contributed by atoms with E-state index in [-0.39, 0.29) is 6.61 Å². The number of fused-ring (bicyclic) bond motifs is 1. The highest BCUT2D eigenvalue weighted by atomic mass is 35.5. The van der Waals surface area contributed by atoms with E-state index >= 15 is 0 Å². The van der Waals surface area contributed by atoms with Crippen LogP contribution in [0.25, 0.3) is 11.0 Å². The predicted molar refractivity (Wildman–Crippen MR) is 68.5 cm³/mol. The summed E-state index contributed by atoms with van der Waals surface area (Å²) in [5.74, 6) is 1.41. The van der Waals surface area contributed by atoms with E-state index in [1.165, 1.54) is 0 Å². The minimum atomic E-state index is -0.118. The zero-order valence-electron chi connectivity index (χ0n) is 9.51. The number of halogens is 1.